The van der Waals surface area contributed by atoms with Gasteiger partial charge in [0, 0.05) is 0 Å². The van der Waals surface area contributed by atoms with Crippen molar-refractivity contribution < 1.29 is 24.9 Å². The third kappa shape index (κ3) is 6.67. The van der Waals surface area contributed by atoms with Crippen LogP contribution in [0.3, 0.4) is 0 Å². The molecule has 2 aliphatic rings. The quantitative estimate of drug-likeness (QED) is 0.408. The zero-order valence-electron chi connectivity index (χ0n) is 18.5. The molecule has 30 heavy (non-hydrogen) atoms. The standard InChI is InChI=1S/C24H39NO5/c1-14(2)21(24(29)30)11-17-6-4-5-16-8-7-15(3)20(23(16)17)10-9-18(26)12-19(27)13-22(25)28/h5,7-8,14-15,17-21,23,26-27H,4,6,9-13H2,1-3H3,(H2,25,28)(H,29,30)/t15-,17?,18+,19+,20-,21?,23+/m0/s1. The van der Waals surface area contributed by atoms with Crippen molar-refractivity contribution in [2.45, 2.75) is 77.9 Å². The van der Waals surface area contributed by atoms with E-state index >= 15 is 0 Å². The zero-order chi connectivity index (χ0) is 22.4. The fourth-order valence-corrected chi connectivity index (χ4v) is 5.38. The summed E-state index contributed by atoms with van der Waals surface area (Å²) in [5.74, 6) is -0.222. The van der Waals surface area contributed by atoms with Gasteiger partial charge in [0.1, 0.15) is 0 Å². The van der Waals surface area contributed by atoms with E-state index in [0.717, 1.165) is 19.3 Å². The normalized spacial score (nSPS) is 29.1. The summed E-state index contributed by atoms with van der Waals surface area (Å²) in [5.41, 5.74) is 6.42. The van der Waals surface area contributed by atoms with Crippen molar-refractivity contribution in [2.75, 3.05) is 0 Å². The Hall–Kier alpha value is -1.66. The fraction of sp³-hybridized carbons (Fsp3) is 0.750. The van der Waals surface area contributed by atoms with Crippen molar-refractivity contribution in [2.24, 2.45) is 41.2 Å². The molecule has 2 unspecified atom stereocenters. The number of hydrogen-bond acceptors (Lipinski definition) is 4. The first-order valence-corrected chi connectivity index (χ1v) is 11.4. The van der Waals surface area contributed by atoms with E-state index in [4.69, 9.17) is 5.73 Å². The average molecular weight is 422 g/mol. The Bertz CT molecular complexity index is 656. The van der Waals surface area contributed by atoms with Crippen LogP contribution in [-0.2, 0) is 9.59 Å². The van der Waals surface area contributed by atoms with E-state index in [0.29, 0.717) is 36.5 Å². The second-order valence-corrected chi connectivity index (χ2v) is 9.67. The van der Waals surface area contributed by atoms with Crippen LogP contribution < -0.4 is 5.73 Å². The molecule has 2 rings (SSSR count). The number of carboxylic acids is 1. The van der Waals surface area contributed by atoms with Crippen molar-refractivity contribution in [3.8, 4) is 0 Å². The van der Waals surface area contributed by atoms with Crippen LogP contribution in [0.15, 0.2) is 23.8 Å². The molecule has 0 aromatic rings. The molecule has 170 valence electrons. The molecule has 0 fully saturated rings. The summed E-state index contributed by atoms with van der Waals surface area (Å²) in [7, 11) is 0. The minimum atomic E-state index is -0.915. The number of carbonyl (C=O) groups is 2. The molecule has 0 spiro atoms. The maximum atomic E-state index is 11.8. The van der Waals surface area contributed by atoms with Crippen molar-refractivity contribution in [3.63, 3.8) is 0 Å². The summed E-state index contributed by atoms with van der Waals surface area (Å²) in [6.07, 6.45) is 9.13. The van der Waals surface area contributed by atoms with Crippen molar-refractivity contribution in [1.82, 2.24) is 0 Å². The second kappa shape index (κ2) is 11.1. The van der Waals surface area contributed by atoms with E-state index in [1.165, 1.54) is 5.57 Å². The van der Waals surface area contributed by atoms with Gasteiger partial charge in [-0.25, -0.2) is 0 Å². The summed E-state index contributed by atoms with van der Waals surface area (Å²) in [6, 6.07) is 0. The van der Waals surface area contributed by atoms with Crippen LogP contribution in [0.1, 0.15) is 65.7 Å². The number of carboxylic acid groups (broad SMARTS) is 1. The predicted molar refractivity (Wildman–Crippen MR) is 116 cm³/mol. The molecule has 0 aromatic carbocycles. The van der Waals surface area contributed by atoms with E-state index in [2.05, 4.69) is 25.2 Å². The first-order valence-electron chi connectivity index (χ1n) is 11.4. The highest BCUT2D eigenvalue weighted by atomic mass is 16.4. The van der Waals surface area contributed by atoms with Crippen LogP contribution >= 0.6 is 0 Å². The summed E-state index contributed by atoms with van der Waals surface area (Å²) < 4.78 is 0. The monoisotopic (exact) mass is 421 g/mol. The van der Waals surface area contributed by atoms with Gasteiger partial charge in [0.25, 0.3) is 0 Å². The highest BCUT2D eigenvalue weighted by Crippen LogP contribution is 2.47. The van der Waals surface area contributed by atoms with E-state index in [1.54, 1.807) is 0 Å². The lowest BCUT2D eigenvalue weighted by atomic mass is 9.61. The number of allylic oxidation sites excluding steroid dienone is 4. The molecule has 2 aliphatic carbocycles. The van der Waals surface area contributed by atoms with E-state index in [-0.39, 0.29) is 24.7 Å². The molecule has 6 nitrogen and oxygen atoms in total. The highest BCUT2D eigenvalue weighted by Gasteiger charge is 2.40. The van der Waals surface area contributed by atoms with Crippen LogP contribution in [0.4, 0.5) is 0 Å². The Morgan fingerprint density at radius 2 is 1.93 bits per heavy atom. The van der Waals surface area contributed by atoms with E-state index in [9.17, 15) is 24.9 Å². The summed E-state index contributed by atoms with van der Waals surface area (Å²) in [5, 5.41) is 29.9. The topological polar surface area (TPSA) is 121 Å². The molecule has 0 heterocycles. The van der Waals surface area contributed by atoms with Crippen molar-refractivity contribution in [1.29, 1.82) is 0 Å². The van der Waals surface area contributed by atoms with Gasteiger partial charge in [-0.15, -0.1) is 0 Å². The highest BCUT2D eigenvalue weighted by molar-refractivity contribution is 5.74. The molecular weight excluding hydrogens is 382 g/mol. The number of fused-ring (bicyclic) bond motifs is 1. The summed E-state index contributed by atoms with van der Waals surface area (Å²) >= 11 is 0. The molecule has 0 bridgehead atoms. The van der Waals surface area contributed by atoms with Gasteiger partial charge in [-0.05, 0) is 73.7 Å². The van der Waals surface area contributed by atoms with Gasteiger partial charge in [-0.2, -0.15) is 0 Å². The molecule has 1 amide bonds. The largest absolute Gasteiger partial charge is 0.481 e. The van der Waals surface area contributed by atoms with Gasteiger partial charge < -0.3 is 21.1 Å². The molecule has 0 radical (unpaired) electrons. The Labute approximate surface area is 180 Å². The van der Waals surface area contributed by atoms with Crippen molar-refractivity contribution in [3.05, 3.63) is 23.8 Å². The first kappa shape index (κ1) is 24.6. The maximum absolute atomic E-state index is 11.8. The Balaban J connectivity index is 2.08. The SMILES string of the molecule is CC(C)C(CC1CCC=C2C=C[C@H](C)[C@H](CC[C@@H](O)C[C@@H](O)CC(N)=O)[C@H]21)C(=O)O. The molecule has 0 saturated heterocycles. The number of rotatable bonds is 11. The van der Waals surface area contributed by atoms with Crippen LogP contribution in [0.5, 0.6) is 0 Å². The maximum Gasteiger partial charge on any atom is 0.306 e. The van der Waals surface area contributed by atoms with E-state index < -0.39 is 24.1 Å². The number of nitrogens with two attached hydrogens (primary N) is 1. The minimum absolute atomic E-state index is 0.0976. The molecular formula is C24H39NO5. The number of aliphatic hydroxyl groups excluding tert-OH is 2. The minimum Gasteiger partial charge on any atom is -0.481 e. The molecule has 0 aromatic heterocycles. The average Bonchev–Trinajstić information content (AvgIpc) is 2.64. The Kier molecular flexibility index (Phi) is 9.10. The van der Waals surface area contributed by atoms with Gasteiger partial charge in [0.15, 0.2) is 0 Å². The first-order chi connectivity index (χ1) is 14.1. The number of amides is 1. The smallest absolute Gasteiger partial charge is 0.306 e. The molecule has 7 atom stereocenters. The van der Waals surface area contributed by atoms with E-state index in [1.807, 2.05) is 13.8 Å². The van der Waals surface area contributed by atoms with Gasteiger partial charge in [0.05, 0.1) is 24.5 Å². The zero-order valence-corrected chi connectivity index (χ0v) is 18.5. The number of aliphatic carboxylic acids is 1. The van der Waals surface area contributed by atoms with Crippen molar-refractivity contribution >= 4 is 11.9 Å². The third-order valence-electron chi connectivity index (χ3n) is 7.03. The molecule has 5 N–H and O–H groups in total. The second-order valence-electron chi connectivity index (χ2n) is 9.67. The Morgan fingerprint density at radius 3 is 2.53 bits per heavy atom. The number of carbonyl (C=O) groups excluding carboxylic acids is 1. The predicted octanol–water partition coefficient (Wildman–Crippen LogP) is 3.28. The molecule has 0 aliphatic heterocycles. The number of aliphatic hydroxyl groups is 2. The fourth-order valence-electron chi connectivity index (χ4n) is 5.38. The van der Waals surface area contributed by atoms with Gasteiger partial charge >= 0.3 is 5.97 Å². The number of primary amides is 1. The van der Waals surface area contributed by atoms with Crippen LogP contribution in [-0.4, -0.2) is 39.4 Å². The van der Waals surface area contributed by atoms with Gasteiger partial charge in [-0.3, -0.25) is 9.59 Å². The van der Waals surface area contributed by atoms with Crippen LogP contribution in [0.2, 0.25) is 0 Å². The summed E-state index contributed by atoms with van der Waals surface area (Å²) in [6.45, 7) is 6.15. The summed E-state index contributed by atoms with van der Waals surface area (Å²) in [4.78, 5) is 22.7. The molecule has 6 heteroatoms. The lowest BCUT2D eigenvalue weighted by Crippen LogP contribution is -2.36. The molecule has 0 saturated carbocycles. The Morgan fingerprint density at radius 1 is 1.23 bits per heavy atom. The lowest BCUT2D eigenvalue weighted by Gasteiger charge is -2.43. The number of hydrogen-bond donors (Lipinski definition) is 4. The van der Waals surface area contributed by atoms with Gasteiger partial charge in [0.2, 0.25) is 5.91 Å². The lowest BCUT2D eigenvalue weighted by molar-refractivity contribution is -0.144. The third-order valence-corrected chi connectivity index (χ3v) is 7.03. The van der Waals surface area contributed by atoms with Gasteiger partial charge in [-0.1, -0.05) is 39.0 Å². The van der Waals surface area contributed by atoms with Crippen LogP contribution in [0, 0.1) is 35.5 Å². The van der Waals surface area contributed by atoms with Crippen LogP contribution in [0.25, 0.3) is 0 Å².